The number of rotatable bonds is 5. The molecule has 1 amide bonds. The van der Waals surface area contributed by atoms with Gasteiger partial charge in [-0.05, 0) is 18.8 Å². The third-order valence-electron chi connectivity index (χ3n) is 3.88. The molecule has 8 heteroatoms. The molecule has 0 bridgehead atoms. The van der Waals surface area contributed by atoms with Crippen molar-refractivity contribution >= 4 is 15.9 Å². The minimum absolute atomic E-state index is 0.137. The molecule has 2 fully saturated rings. The molecule has 0 aromatic carbocycles. The molecule has 2 heterocycles. The molecule has 2 saturated heterocycles. The molecule has 0 radical (unpaired) electrons. The molecule has 2 aliphatic heterocycles. The number of hydrogen-bond donors (Lipinski definition) is 1. The first kappa shape index (κ1) is 15.7. The van der Waals surface area contributed by atoms with Crippen LogP contribution in [0.3, 0.4) is 0 Å². The first-order valence-corrected chi connectivity index (χ1v) is 8.64. The standard InChI is InChI=1S/C12H22N2O5S/c1-18-6-4-13-12(15)10-7-9-3-5-14(20(2,16)17)8-11(9)19-10/h9-11H,3-8H2,1-2H3,(H,13,15)/t9-,10+,11+/m1/s1. The van der Waals surface area contributed by atoms with Crippen LogP contribution in [0.4, 0.5) is 0 Å². The molecule has 2 rings (SSSR count). The Labute approximate surface area is 119 Å². The summed E-state index contributed by atoms with van der Waals surface area (Å²) in [5, 5.41) is 2.76. The third-order valence-corrected chi connectivity index (χ3v) is 5.15. The van der Waals surface area contributed by atoms with E-state index in [4.69, 9.17) is 9.47 Å². The molecule has 116 valence electrons. The normalized spacial score (nSPS) is 31.0. The van der Waals surface area contributed by atoms with E-state index in [0.29, 0.717) is 32.7 Å². The lowest BCUT2D eigenvalue weighted by Crippen LogP contribution is -2.45. The van der Waals surface area contributed by atoms with Crippen molar-refractivity contribution in [1.29, 1.82) is 0 Å². The molecule has 0 aromatic rings. The number of fused-ring (bicyclic) bond motifs is 1. The number of amides is 1. The molecule has 0 saturated carbocycles. The van der Waals surface area contributed by atoms with Crippen LogP contribution < -0.4 is 5.32 Å². The summed E-state index contributed by atoms with van der Waals surface area (Å²) in [6, 6.07) is 0. The van der Waals surface area contributed by atoms with E-state index in [1.165, 1.54) is 10.6 Å². The van der Waals surface area contributed by atoms with Crippen LogP contribution in [0.15, 0.2) is 0 Å². The first-order chi connectivity index (χ1) is 9.41. The Hall–Kier alpha value is -0.700. The van der Waals surface area contributed by atoms with Crippen LogP contribution in [0, 0.1) is 5.92 Å². The van der Waals surface area contributed by atoms with E-state index in [1.807, 2.05) is 0 Å². The van der Waals surface area contributed by atoms with E-state index in [0.717, 1.165) is 6.42 Å². The van der Waals surface area contributed by atoms with Crippen molar-refractivity contribution < 1.29 is 22.7 Å². The van der Waals surface area contributed by atoms with Gasteiger partial charge in [-0.1, -0.05) is 0 Å². The summed E-state index contributed by atoms with van der Waals surface area (Å²) in [5.74, 6) is 0.133. The molecular weight excluding hydrogens is 284 g/mol. The molecule has 0 aliphatic carbocycles. The van der Waals surface area contributed by atoms with Gasteiger partial charge in [-0.2, -0.15) is 4.31 Å². The van der Waals surface area contributed by atoms with Crippen LogP contribution in [0.2, 0.25) is 0 Å². The van der Waals surface area contributed by atoms with Gasteiger partial charge in [-0.25, -0.2) is 8.42 Å². The van der Waals surface area contributed by atoms with Gasteiger partial charge >= 0.3 is 0 Å². The average molecular weight is 306 g/mol. The summed E-state index contributed by atoms with van der Waals surface area (Å²) in [6.45, 7) is 1.79. The third kappa shape index (κ3) is 3.69. The highest BCUT2D eigenvalue weighted by Crippen LogP contribution is 2.33. The van der Waals surface area contributed by atoms with Crippen molar-refractivity contribution in [3.8, 4) is 0 Å². The topological polar surface area (TPSA) is 84.9 Å². The number of ether oxygens (including phenoxy) is 2. The number of nitrogens with zero attached hydrogens (tertiary/aromatic N) is 1. The summed E-state index contributed by atoms with van der Waals surface area (Å²) in [5.41, 5.74) is 0. The SMILES string of the molecule is COCCNC(=O)[C@@H]1C[C@H]2CCN(S(C)(=O)=O)C[C@@H]2O1. The zero-order chi connectivity index (χ0) is 14.8. The second kappa shape index (κ2) is 6.38. The van der Waals surface area contributed by atoms with Gasteiger partial charge < -0.3 is 14.8 Å². The lowest BCUT2D eigenvalue weighted by atomic mass is 9.93. The summed E-state index contributed by atoms with van der Waals surface area (Å²) in [7, 11) is -1.61. The minimum atomic E-state index is -3.18. The number of hydrogen-bond acceptors (Lipinski definition) is 5. The quantitative estimate of drug-likeness (QED) is 0.671. The zero-order valence-electron chi connectivity index (χ0n) is 11.9. The Balaban J connectivity index is 1.87. The molecule has 0 aromatic heterocycles. The number of piperidine rings is 1. The second-order valence-electron chi connectivity index (χ2n) is 5.35. The highest BCUT2D eigenvalue weighted by atomic mass is 32.2. The number of nitrogens with one attached hydrogen (secondary N) is 1. The van der Waals surface area contributed by atoms with E-state index in [1.54, 1.807) is 7.11 Å². The number of sulfonamides is 1. The molecular formula is C12H22N2O5S. The molecule has 0 spiro atoms. The fourth-order valence-electron chi connectivity index (χ4n) is 2.76. The van der Waals surface area contributed by atoms with Crippen molar-refractivity contribution in [1.82, 2.24) is 9.62 Å². The Kier molecular flexibility index (Phi) is 5.00. The molecule has 0 unspecified atom stereocenters. The summed E-state index contributed by atoms with van der Waals surface area (Å²) >= 11 is 0. The lowest BCUT2D eigenvalue weighted by Gasteiger charge is -2.32. The number of carbonyl (C=O) groups excluding carboxylic acids is 1. The van der Waals surface area contributed by atoms with Gasteiger partial charge in [0, 0.05) is 26.7 Å². The maximum Gasteiger partial charge on any atom is 0.249 e. The van der Waals surface area contributed by atoms with E-state index in [9.17, 15) is 13.2 Å². The van der Waals surface area contributed by atoms with E-state index < -0.39 is 16.1 Å². The van der Waals surface area contributed by atoms with Crippen LogP contribution in [0.25, 0.3) is 0 Å². The van der Waals surface area contributed by atoms with Gasteiger partial charge in [0.15, 0.2) is 0 Å². The summed E-state index contributed by atoms with van der Waals surface area (Å²) in [6.07, 6.45) is 1.98. The van der Waals surface area contributed by atoms with Gasteiger partial charge in [0.1, 0.15) is 6.10 Å². The van der Waals surface area contributed by atoms with E-state index in [-0.39, 0.29) is 17.9 Å². The number of carbonyl (C=O) groups is 1. The fraction of sp³-hybridized carbons (Fsp3) is 0.917. The Bertz CT molecular complexity index is 453. The fourth-order valence-corrected chi connectivity index (χ4v) is 3.62. The molecule has 7 nitrogen and oxygen atoms in total. The summed E-state index contributed by atoms with van der Waals surface area (Å²) < 4.78 is 35.1. The largest absolute Gasteiger partial charge is 0.383 e. The average Bonchev–Trinajstić information content (AvgIpc) is 2.80. The molecule has 3 atom stereocenters. The Morgan fingerprint density at radius 3 is 2.90 bits per heavy atom. The monoisotopic (exact) mass is 306 g/mol. The first-order valence-electron chi connectivity index (χ1n) is 6.79. The van der Waals surface area contributed by atoms with Crippen LogP contribution in [-0.4, -0.2) is 70.4 Å². The van der Waals surface area contributed by atoms with Crippen LogP contribution in [0.1, 0.15) is 12.8 Å². The highest BCUT2D eigenvalue weighted by molar-refractivity contribution is 7.88. The number of methoxy groups -OCH3 is 1. The van der Waals surface area contributed by atoms with Crippen molar-refractivity contribution in [3.63, 3.8) is 0 Å². The Morgan fingerprint density at radius 1 is 1.50 bits per heavy atom. The molecule has 2 aliphatic rings. The molecule has 20 heavy (non-hydrogen) atoms. The second-order valence-corrected chi connectivity index (χ2v) is 7.33. The van der Waals surface area contributed by atoms with Crippen molar-refractivity contribution in [3.05, 3.63) is 0 Å². The van der Waals surface area contributed by atoms with Gasteiger partial charge in [0.25, 0.3) is 0 Å². The maximum absolute atomic E-state index is 11.9. The van der Waals surface area contributed by atoms with Gasteiger partial charge in [0.05, 0.1) is 19.0 Å². The Morgan fingerprint density at radius 2 is 2.25 bits per heavy atom. The smallest absolute Gasteiger partial charge is 0.249 e. The van der Waals surface area contributed by atoms with Gasteiger partial charge in [0.2, 0.25) is 15.9 Å². The summed E-state index contributed by atoms with van der Waals surface area (Å²) in [4.78, 5) is 11.9. The van der Waals surface area contributed by atoms with Crippen molar-refractivity contribution in [2.24, 2.45) is 5.92 Å². The van der Waals surface area contributed by atoms with Gasteiger partial charge in [-0.3, -0.25) is 4.79 Å². The predicted octanol–water partition coefficient (Wildman–Crippen LogP) is -0.812. The van der Waals surface area contributed by atoms with Crippen LogP contribution >= 0.6 is 0 Å². The van der Waals surface area contributed by atoms with Gasteiger partial charge in [-0.15, -0.1) is 0 Å². The lowest BCUT2D eigenvalue weighted by molar-refractivity contribution is -0.132. The predicted molar refractivity (Wildman–Crippen MR) is 72.7 cm³/mol. The van der Waals surface area contributed by atoms with Crippen molar-refractivity contribution in [2.45, 2.75) is 25.0 Å². The van der Waals surface area contributed by atoms with Crippen molar-refractivity contribution in [2.75, 3.05) is 39.6 Å². The maximum atomic E-state index is 11.9. The highest BCUT2D eigenvalue weighted by Gasteiger charge is 2.43. The van der Waals surface area contributed by atoms with E-state index >= 15 is 0 Å². The minimum Gasteiger partial charge on any atom is -0.383 e. The van der Waals surface area contributed by atoms with Crippen LogP contribution in [0.5, 0.6) is 0 Å². The van der Waals surface area contributed by atoms with E-state index in [2.05, 4.69) is 5.32 Å². The molecule has 1 N–H and O–H groups in total. The zero-order valence-corrected chi connectivity index (χ0v) is 12.7. The van der Waals surface area contributed by atoms with Crippen LogP contribution in [-0.2, 0) is 24.3 Å².